The number of anilines is 1. The van der Waals surface area contributed by atoms with Gasteiger partial charge in [-0.15, -0.1) is 0 Å². The van der Waals surface area contributed by atoms with E-state index in [0.29, 0.717) is 32.0 Å². The molecule has 1 amide bonds. The van der Waals surface area contributed by atoms with Gasteiger partial charge in [0.25, 0.3) is 5.91 Å². The van der Waals surface area contributed by atoms with E-state index in [-0.39, 0.29) is 5.91 Å². The Bertz CT molecular complexity index is 940. The van der Waals surface area contributed by atoms with Gasteiger partial charge in [-0.3, -0.25) is 9.69 Å². The number of hydrogen-bond donors (Lipinski definition) is 0. The van der Waals surface area contributed by atoms with Gasteiger partial charge in [-0.05, 0) is 36.8 Å². The second-order valence-electron chi connectivity index (χ2n) is 5.73. The van der Waals surface area contributed by atoms with Crippen LogP contribution in [0.1, 0.15) is 11.1 Å². The summed E-state index contributed by atoms with van der Waals surface area (Å²) in [5, 5.41) is 0. The molecule has 0 bridgehead atoms. The van der Waals surface area contributed by atoms with Crippen LogP contribution in [0, 0.1) is 6.92 Å². The van der Waals surface area contributed by atoms with E-state index >= 15 is 0 Å². The first-order chi connectivity index (χ1) is 13.0. The highest BCUT2D eigenvalue weighted by Gasteiger charge is 2.34. The van der Waals surface area contributed by atoms with Crippen LogP contribution in [0.3, 0.4) is 0 Å². The molecule has 5 nitrogen and oxygen atoms in total. The quantitative estimate of drug-likeness (QED) is 0.546. The van der Waals surface area contributed by atoms with Gasteiger partial charge in [0.2, 0.25) is 5.75 Å². The summed E-state index contributed by atoms with van der Waals surface area (Å²) in [4.78, 5) is 15.1. The van der Waals surface area contributed by atoms with E-state index in [0.717, 1.165) is 11.3 Å². The molecule has 1 aliphatic rings. The fraction of sp³-hybridized carbons (Fsp3) is 0.200. The third-order valence-electron chi connectivity index (χ3n) is 4.17. The molecule has 2 aromatic carbocycles. The van der Waals surface area contributed by atoms with Crippen molar-refractivity contribution in [2.75, 3.05) is 26.2 Å². The van der Waals surface area contributed by atoms with Crippen molar-refractivity contribution in [3.05, 3.63) is 52.4 Å². The molecule has 0 spiro atoms. The maximum absolute atomic E-state index is 13.0. The maximum atomic E-state index is 13.0. The minimum atomic E-state index is -0.156. The number of para-hydroxylation sites is 1. The van der Waals surface area contributed by atoms with Crippen molar-refractivity contribution in [3.8, 4) is 17.2 Å². The molecule has 0 N–H and O–H groups in total. The minimum absolute atomic E-state index is 0.156. The van der Waals surface area contributed by atoms with Crippen LogP contribution in [-0.2, 0) is 4.79 Å². The van der Waals surface area contributed by atoms with Gasteiger partial charge in [-0.25, -0.2) is 0 Å². The molecule has 1 aliphatic heterocycles. The number of rotatable bonds is 5. The van der Waals surface area contributed by atoms with Crippen molar-refractivity contribution < 1.29 is 19.0 Å². The van der Waals surface area contributed by atoms with Crippen LogP contribution in [0.4, 0.5) is 5.69 Å². The summed E-state index contributed by atoms with van der Waals surface area (Å²) in [5.74, 6) is 1.37. The zero-order valence-electron chi connectivity index (χ0n) is 15.4. The Morgan fingerprint density at radius 2 is 1.70 bits per heavy atom. The predicted octanol–water partition coefficient (Wildman–Crippen LogP) is 4.43. The number of thiocarbonyl (C=S) groups is 1. The SMILES string of the molecule is COc1ccc(C=C2SC(=S)N(c3ccccc3C)C2=O)c(OC)c1OC. The maximum Gasteiger partial charge on any atom is 0.270 e. The number of carbonyl (C=O) groups excluding carboxylic acids is 1. The molecule has 1 heterocycles. The minimum Gasteiger partial charge on any atom is -0.493 e. The highest BCUT2D eigenvalue weighted by Crippen LogP contribution is 2.43. The fourth-order valence-corrected chi connectivity index (χ4v) is 4.14. The number of thioether (sulfide) groups is 1. The number of amides is 1. The van der Waals surface area contributed by atoms with Gasteiger partial charge in [0.15, 0.2) is 15.8 Å². The number of carbonyl (C=O) groups is 1. The number of aryl methyl sites for hydroxylation is 1. The molecule has 1 saturated heterocycles. The molecule has 1 fully saturated rings. The van der Waals surface area contributed by atoms with E-state index in [1.165, 1.54) is 11.8 Å². The van der Waals surface area contributed by atoms with Gasteiger partial charge in [-0.1, -0.05) is 42.2 Å². The molecule has 0 saturated carbocycles. The summed E-state index contributed by atoms with van der Waals surface area (Å²) in [6.07, 6.45) is 1.76. The highest BCUT2D eigenvalue weighted by atomic mass is 32.2. The lowest BCUT2D eigenvalue weighted by Crippen LogP contribution is -2.28. The molecule has 0 atom stereocenters. The molecular formula is C20H19NO4S2. The van der Waals surface area contributed by atoms with Crippen LogP contribution in [0.5, 0.6) is 17.2 Å². The Balaban J connectivity index is 2.03. The monoisotopic (exact) mass is 401 g/mol. The fourth-order valence-electron chi connectivity index (χ4n) is 2.87. The first-order valence-corrected chi connectivity index (χ1v) is 9.36. The first kappa shape index (κ1) is 19.3. The topological polar surface area (TPSA) is 48.0 Å². The van der Waals surface area contributed by atoms with E-state index in [1.54, 1.807) is 38.4 Å². The summed E-state index contributed by atoms with van der Waals surface area (Å²) in [7, 11) is 4.65. The summed E-state index contributed by atoms with van der Waals surface area (Å²) < 4.78 is 16.7. The summed E-state index contributed by atoms with van der Waals surface area (Å²) in [6.45, 7) is 1.95. The molecule has 0 unspecified atom stereocenters. The van der Waals surface area contributed by atoms with Gasteiger partial charge in [0, 0.05) is 5.56 Å². The second-order valence-corrected chi connectivity index (χ2v) is 7.40. The summed E-state index contributed by atoms with van der Waals surface area (Å²) >= 11 is 6.72. The zero-order chi connectivity index (χ0) is 19.6. The lowest BCUT2D eigenvalue weighted by molar-refractivity contribution is -0.113. The highest BCUT2D eigenvalue weighted by molar-refractivity contribution is 8.27. The Kier molecular flexibility index (Phi) is 5.72. The average Bonchev–Trinajstić information content (AvgIpc) is 2.95. The van der Waals surface area contributed by atoms with Crippen molar-refractivity contribution in [2.24, 2.45) is 0 Å². The van der Waals surface area contributed by atoms with Crippen molar-refractivity contribution in [3.63, 3.8) is 0 Å². The van der Waals surface area contributed by atoms with Gasteiger partial charge in [0.1, 0.15) is 0 Å². The van der Waals surface area contributed by atoms with Crippen LogP contribution >= 0.6 is 24.0 Å². The van der Waals surface area contributed by atoms with Gasteiger partial charge in [0.05, 0.1) is 31.9 Å². The summed E-state index contributed by atoms with van der Waals surface area (Å²) in [5.41, 5.74) is 2.49. The number of ether oxygens (including phenoxy) is 3. The van der Waals surface area contributed by atoms with Crippen LogP contribution < -0.4 is 19.1 Å². The molecule has 0 radical (unpaired) electrons. The Labute approximate surface area is 167 Å². The number of methoxy groups -OCH3 is 3. The Hall–Kier alpha value is -2.51. The Morgan fingerprint density at radius 3 is 2.33 bits per heavy atom. The van der Waals surface area contributed by atoms with Crippen molar-refractivity contribution in [1.82, 2.24) is 0 Å². The molecule has 3 rings (SSSR count). The standard InChI is InChI=1S/C20H19NO4S2/c1-12-7-5-6-8-14(12)21-19(22)16(27-20(21)26)11-13-9-10-15(23-2)18(25-4)17(13)24-3/h5-11H,1-4H3. The Morgan fingerprint density at radius 1 is 1.00 bits per heavy atom. The van der Waals surface area contributed by atoms with E-state index in [4.69, 9.17) is 26.4 Å². The number of nitrogens with zero attached hydrogens (tertiary/aromatic N) is 1. The van der Waals surface area contributed by atoms with Crippen LogP contribution in [0.2, 0.25) is 0 Å². The van der Waals surface area contributed by atoms with E-state index < -0.39 is 0 Å². The van der Waals surface area contributed by atoms with E-state index in [2.05, 4.69) is 0 Å². The molecule has 0 aromatic heterocycles. The lowest BCUT2D eigenvalue weighted by atomic mass is 10.1. The van der Waals surface area contributed by atoms with E-state index in [9.17, 15) is 4.79 Å². The van der Waals surface area contributed by atoms with Gasteiger partial charge >= 0.3 is 0 Å². The predicted molar refractivity (Wildman–Crippen MR) is 113 cm³/mol. The lowest BCUT2D eigenvalue weighted by Gasteiger charge is -2.17. The van der Waals surface area contributed by atoms with Crippen LogP contribution in [0.15, 0.2) is 41.3 Å². The third kappa shape index (κ3) is 3.52. The number of benzene rings is 2. The smallest absolute Gasteiger partial charge is 0.270 e. The van der Waals surface area contributed by atoms with Crippen LogP contribution in [-0.4, -0.2) is 31.6 Å². The largest absolute Gasteiger partial charge is 0.493 e. The van der Waals surface area contributed by atoms with Crippen molar-refractivity contribution >= 4 is 46.0 Å². The second kappa shape index (κ2) is 8.02. The third-order valence-corrected chi connectivity index (χ3v) is 5.47. The van der Waals surface area contributed by atoms with Crippen molar-refractivity contribution in [1.29, 1.82) is 0 Å². The number of hydrogen-bond acceptors (Lipinski definition) is 6. The normalized spacial score (nSPS) is 15.4. The molecule has 7 heteroatoms. The van der Waals surface area contributed by atoms with E-state index in [1.807, 2.05) is 37.3 Å². The zero-order valence-corrected chi connectivity index (χ0v) is 17.1. The van der Waals surface area contributed by atoms with Gasteiger partial charge < -0.3 is 14.2 Å². The molecule has 2 aromatic rings. The molecule has 0 aliphatic carbocycles. The first-order valence-electron chi connectivity index (χ1n) is 8.14. The molecular weight excluding hydrogens is 382 g/mol. The average molecular weight is 402 g/mol. The molecule has 27 heavy (non-hydrogen) atoms. The molecule has 140 valence electrons. The summed E-state index contributed by atoms with van der Waals surface area (Å²) in [6, 6.07) is 11.3. The van der Waals surface area contributed by atoms with Gasteiger partial charge in [-0.2, -0.15) is 0 Å². The van der Waals surface area contributed by atoms with Crippen LogP contribution in [0.25, 0.3) is 6.08 Å². The van der Waals surface area contributed by atoms with Crippen molar-refractivity contribution in [2.45, 2.75) is 6.92 Å².